The Bertz CT molecular complexity index is 637. The lowest BCUT2D eigenvalue weighted by Gasteiger charge is -2.05. The zero-order valence-corrected chi connectivity index (χ0v) is 9.84. The Morgan fingerprint density at radius 1 is 1.56 bits per heavy atom. The van der Waals surface area contributed by atoms with Gasteiger partial charge in [-0.1, -0.05) is 12.0 Å². The number of nitrogen functional groups attached to an aromatic ring is 1. The minimum atomic E-state index is -0.310. The summed E-state index contributed by atoms with van der Waals surface area (Å²) in [5.74, 6) is 2.51. The molecule has 1 heterocycles. The van der Waals surface area contributed by atoms with Gasteiger partial charge in [0.05, 0.1) is 6.20 Å². The SMILES string of the molecule is C#Cc1cccc(NC(=O)c2cnn(C)c2N)c1. The number of anilines is 2. The van der Waals surface area contributed by atoms with Gasteiger partial charge < -0.3 is 11.1 Å². The molecule has 2 aromatic rings. The molecule has 0 aliphatic carbocycles. The molecule has 0 radical (unpaired) electrons. The second-order valence-corrected chi connectivity index (χ2v) is 3.75. The maximum atomic E-state index is 12.0. The highest BCUT2D eigenvalue weighted by molar-refractivity contribution is 6.07. The molecule has 2 rings (SSSR count). The number of nitrogens with one attached hydrogen (secondary N) is 1. The maximum Gasteiger partial charge on any atom is 0.261 e. The van der Waals surface area contributed by atoms with Gasteiger partial charge in [0.15, 0.2) is 0 Å². The van der Waals surface area contributed by atoms with Crippen molar-refractivity contribution in [3.8, 4) is 12.3 Å². The highest BCUT2D eigenvalue weighted by atomic mass is 16.1. The van der Waals surface area contributed by atoms with E-state index in [1.807, 2.05) is 0 Å². The van der Waals surface area contributed by atoms with Gasteiger partial charge in [0.1, 0.15) is 11.4 Å². The van der Waals surface area contributed by atoms with Gasteiger partial charge in [0.25, 0.3) is 5.91 Å². The fourth-order valence-corrected chi connectivity index (χ4v) is 1.51. The normalized spacial score (nSPS) is 9.78. The summed E-state index contributed by atoms with van der Waals surface area (Å²) < 4.78 is 1.44. The van der Waals surface area contributed by atoms with Gasteiger partial charge in [-0.15, -0.1) is 6.42 Å². The Morgan fingerprint density at radius 3 is 2.94 bits per heavy atom. The first kappa shape index (κ1) is 11.7. The standard InChI is InChI=1S/C13H12N4O/c1-3-9-5-4-6-10(7-9)16-13(18)11-8-15-17(2)12(11)14/h1,4-8H,14H2,2H3,(H,16,18). The van der Waals surface area contributed by atoms with E-state index in [-0.39, 0.29) is 5.91 Å². The molecule has 0 atom stereocenters. The van der Waals surface area contributed by atoms with E-state index in [0.717, 1.165) is 0 Å². The molecule has 0 bridgehead atoms. The van der Waals surface area contributed by atoms with Crippen LogP contribution in [-0.2, 0) is 7.05 Å². The van der Waals surface area contributed by atoms with Crippen LogP contribution in [0.4, 0.5) is 11.5 Å². The predicted octanol–water partition coefficient (Wildman–Crippen LogP) is 1.24. The zero-order valence-electron chi connectivity index (χ0n) is 9.84. The largest absolute Gasteiger partial charge is 0.383 e. The molecule has 1 aromatic carbocycles. The van der Waals surface area contributed by atoms with Crippen molar-refractivity contribution in [1.82, 2.24) is 9.78 Å². The summed E-state index contributed by atoms with van der Waals surface area (Å²) in [4.78, 5) is 12.0. The lowest BCUT2D eigenvalue weighted by molar-refractivity contribution is 0.102. The van der Waals surface area contributed by atoms with Crippen molar-refractivity contribution in [2.45, 2.75) is 0 Å². The highest BCUT2D eigenvalue weighted by Gasteiger charge is 2.13. The van der Waals surface area contributed by atoms with Gasteiger partial charge in [0.2, 0.25) is 0 Å². The fourth-order valence-electron chi connectivity index (χ4n) is 1.51. The highest BCUT2D eigenvalue weighted by Crippen LogP contribution is 2.14. The summed E-state index contributed by atoms with van der Waals surface area (Å²) in [6.45, 7) is 0. The van der Waals surface area contributed by atoms with Crippen molar-refractivity contribution in [2.24, 2.45) is 7.05 Å². The minimum absolute atomic E-state index is 0.310. The van der Waals surface area contributed by atoms with Crippen LogP contribution in [0.2, 0.25) is 0 Å². The van der Waals surface area contributed by atoms with Gasteiger partial charge >= 0.3 is 0 Å². The first-order chi connectivity index (χ1) is 8.61. The Hall–Kier alpha value is -2.74. The summed E-state index contributed by atoms with van der Waals surface area (Å²) in [6, 6.07) is 7.03. The third-order valence-electron chi connectivity index (χ3n) is 2.52. The molecule has 90 valence electrons. The monoisotopic (exact) mass is 240 g/mol. The summed E-state index contributed by atoms with van der Waals surface area (Å²) in [6.07, 6.45) is 6.72. The van der Waals surface area contributed by atoms with Crippen LogP contribution in [0.3, 0.4) is 0 Å². The predicted molar refractivity (Wildman–Crippen MR) is 70.0 cm³/mol. The van der Waals surface area contributed by atoms with Gasteiger partial charge in [-0.25, -0.2) is 0 Å². The Balaban J connectivity index is 2.22. The molecule has 5 nitrogen and oxygen atoms in total. The van der Waals surface area contributed by atoms with Crippen LogP contribution in [-0.4, -0.2) is 15.7 Å². The average Bonchev–Trinajstić information content (AvgIpc) is 2.70. The number of benzene rings is 1. The van der Waals surface area contributed by atoms with E-state index in [4.69, 9.17) is 12.2 Å². The molecule has 0 fully saturated rings. The molecule has 0 spiro atoms. The molecule has 1 aromatic heterocycles. The molecule has 0 saturated heterocycles. The summed E-state index contributed by atoms with van der Waals surface area (Å²) >= 11 is 0. The second kappa shape index (κ2) is 4.63. The lowest BCUT2D eigenvalue weighted by Crippen LogP contribution is -2.13. The maximum absolute atomic E-state index is 12.0. The number of rotatable bonds is 2. The first-order valence-corrected chi connectivity index (χ1v) is 5.27. The number of hydrogen-bond acceptors (Lipinski definition) is 3. The molecule has 3 N–H and O–H groups in total. The molecule has 0 aliphatic heterocycles. The van der Waals surface area contributed by atoms with Crippen molar-refractivity contribution in [3.05, 3.63) is 41.6 Å². The number of carbonyl (C=O) groups is 1. The van der Waals surface area contributed by atoms with Crippen LogP contribution in [0.25, 0.3) is 0 Å². The van der Waals surface area contributed by atoms with Crippen LogP contribution in [0.15, 0.2) is 30.5 Å². The number of carbonyl (C=O) groups excluding carboxylic acids is 1. The molecule has 18 heavy (non-hydrogen) atoms. The van der Waals surface area contributed by atoms with Crippen molar-refractivity contribution >= 4 is 17.4 Å². The lowest BCUT2D eigenvalue weighted by atomic mass is 10.2. The van der Waals surface area contributed by atoms with E-state index in [1.54, 1.807) is 31.3 Å². The smallest absolute Gasteiger partial charge is 0.261 e. The molecule has 1 amide bonds. The quantitative estimate of drug-likeness (QED) is 0.775. The average molecular weight is 240 g/mol. The second-order valence-electron chi connectivity index (χ2n) is 3.75. The summed E-state index contributed by atoms with van der Waals surface area (Å²) in [5, 5.41) is 6.63. The van der Waals surface area contributed by atoms with E-state index in [0.29, 0.717) is 22.6 Å². The number of nitrogens with zero attached hydrogens (tertiary/aromatic N) is 2. The van der Waals surface area contributed by atoms with Gasteiger partial charge in [-0.3, -0.25) is 9.48 Å². The molecule has 5 heteroatoms. The number of amides is 1. The molecule has 0 saturated carbocycles. The summed E-state index contributed by atoms with van der Waals surface area (Å²) in [7, 11) is 1.67. The third kappa shape index (κ3) is 2.18. The van der Waals surface area contributed by atoms with Gasteiger partial charge in [-0.2, -0.15) is 5.10 Å². The molecule has 0 aliphatic rings. The van der Waals surface area contributed by atoms with Crippen molar-refractivity contribution < 1.29 is 4.79 Å². The Morgan fingerprint density at radius 2 is 2.33 bits per heavy atom. The number of aryl methyl sites for hydroxylation is 1. The van der Waals surface area contributed by atoms with Gasteiger partial charge in [-0.05, 0) is 18.2 Å². The van der Waals surface area contributed by atoms with Crippen molar-refractivity contribution in [3.63, 3.8) is 0 Å². The topological polar surface area (TPSA) is 72.9 Å². The Labute approximate surface area is 105 Å². The molecule has 0 unspecified atom stereocenters. The van der Waals surface area contributed by atoms with Crippen LogP contribution < -0.4 is 11.1 Å². The van der Waals surface area contributed by atoms with E-state index in [2.05, 4.69) is 16.3 Å². The van der Waals surface area contributed by atoms with Crippen LogP contribution >= 0.6 is 0 Å². The van der Waals surface area contributed by atoms with Crippen LogP contribution in [0.1, 0.15) is 15.9 Å². The fraction of sp³-hybridized carbons (Fsp3) is 0.0769. The van der Waals surface area contributed by atoms with Gasteiger partial charge in [0, 0.05) is 18.3 Å². The number of hydrogen-bond donors (Lipinski definition) is 2. The minimum Gasteiger partial charge on any atom is -0.383 e. The van der Waals surface area contributed by atoms with Crippen molar-refractivity contribution in [2.75, 3.05) is 11.1 Å². The third-order valence-corrected chi connectivity index (χ3v) is 2.52. The number of aromatic nitrogens is 2. The van der Waals surface area contributed by atoms with E-state index >= 15 is 0 Å². The Kier molecular flexibility index (Phi) is 3.02. The van der Waals surface area contributed by atoms with E-state index in [9.17, 15) is 4.79 Å². The van der Waals surface area contributed by atoms with E-state index in [1.165, 1.54) is 10.9 Å². The first-order valence-electron chi connectivity index (χ1n) is 5.27. The van der Waals surface area contributed by atoms with Crippen LogP contribution in [0, 0.1) is 12.3 Å². The number of nitrogens with two attached hydrogens (primary N) is 1. The van der Waals surface area contributed by atoms with E-state index < -0.39 is 0 Å². The molecular weight excluding hydrogens is 228 g/mol. The van der Waals surface area contributed by atoms with Crippen molar-refractivity contribution in [1.29, 1.82) is 0 Å². The zero-order chi connectivity index (χ0) is 13.1. The number of terminal acetylenes is 1. The molecular formula is C13H12N4O. The summed E-state index contributed by atoms with van der Waals surface area (Å²) in [5.41, 5.74) is 7.38. The van der Waals surface area contributed by atoms with Crippen LogP contribution in [0.5, 0.6) is 0 Å².